The molecule has 4 nitrogen and oxygen atoms in total. The molecule has 23 heavy (non-hydrogen) atoms. The lowest BCUT2D eigenvalue weighted by molar-refractivity contribution is 0.0661. The van der Waals surface area contributed by atoms with Gasteiger partial charge in [-0.15, -0.1) is 0 Å². The molecule has 1 N–H and O–H groups in total. The number of para-hydroxylation sites is 1. The first-order valence-electron chi connectivity index (χ1n) is 7.39. The largest absolute Gasteiger partial charge is 0.481 e. The number of benzene rings is 1. The molecular formula is C17H18F2N2O2. The van der Waals surface area contributed by atoms with Crippen LogP contribution < -0.4 is 10.1 Å². The zero-order valence-corrected chi connectivity index (χ0v) is 13.2. The molecule has 3 rings (SSSR count). The van der Waals surface area contributed by atoms with E-state index in [-0.39, 0.29) is 6.54 Å². The van der Waals surface area contributed by atoms with E-state index >= 15 is 0 Å². The molecule has 1 aliphatic rings. The lowest BCUT2D eigenvalue weighted by atomic mass is 10.1. The van der Waals surface area contributed by atoms with Crippen LogP contribution in [0, 0.1) is 11.3 Å². The fraction of sp³-hybridized carbons (Fsp3) is 0.412. The molecule has 1 fully saturated rings. The van der Waals surface area contributed by atoms with Crippen molar-refractivity contribution < 1.29 is 18.3 Å². The molecule has 1 amide bonds. The molecule has 0 spiro atoms. The topological polar surface area (TPSA) is 51.2 Å². The fourth-order valence-electron chi connectivity index (χ4n) is 2.87. The second-order valence-corrected chi connectivity index (χ2v) is 6.34. The summed E-state index contributed by atoms with van der Waals surface area (Å²) >= 11 is 0. The Bertz CT molecular complexity index is 760. The summed E-state index contributed by atoms with van der Waals surface area (Å²) in [4.78, 5) is 16.7. The van der Waals surface area contributed by atoms with E-state index in [9.17, 15) is 13.6 Å². The number of hydrogen-bond acceptors (Lipinski definition) is 3. The van der Waals surface area contributed by atoms with E-state index in [2.05, 4.69) is 10.3 Å². The number of aromatic nitrogens is 1. The molecule has 0 saturated heterocycles. The zero-order chi connectivity index (χ0) is 16.8. The first kappa shape index (κ1) is 15.6. The van der Waals surface area contributed by atoms with Crippen LogP contribution in [0.4, 0.5) is 8.78 Å². The number of carbonyl (C=O) groups excluding carboxylic acids is 1. The van der Waals surface area contributed by atoms with Gasteiger partial charge in [-0.2, -0.15) is 0 Å². The number of halogens is 2. The van der Waals surface area contributed by atoms with Crippen LogP contribution in [-0.4, -0.2) is 30.5 Å². The highest BCUT2D eigenvalue weighted by Gasteiger charge is 2.74. The smallest absolute Gasteiger partial charge is 0.258 e. The zero-order valence-electron chi connectivity index (χ0n) is 13.2. The number of pyridine rings is 1. The van der Waals surface area contributed by atoms with Gasteiger partial charge in [0.15, 0.2) is 0 Å². The number of alkyl halides is 2. The summed E-state index contributed by atoms with van der Waals surface area (Å²) in [6, 6.07) is 8.67. The number of amides is 1. The summed E-state index contributed by atoms with van der Waals surface area (Å²) in [7, 11) is 1.46. The van der Waals surface area contributed by atoms with Gasteiger partial charge in [-0.25, -0.2) is 13.8 Å². The summed E-state index contributed by atoms with van der Waals surface area (Å²) in [6.45, 7) is 2.96. The van der Waals surface area contributed by atoms with Crippen molar-refractivity contribution in [2.45, 2.75) is 19.8 Å². The lowest BCUT2D eigenvalue weighted by Gasteiger charge is -2.10. The second-order valence-electron chi connectivity index (χ2n) is 6.34. The van der Waals surface area contributed by atoms with Crippen molar-refractivity contribution in [3.8, 4) is 5.88 Å². The van der Waals surface area contributed by atoms with Crippen molar-refractivity contribution in [3.63, 3.8) is 0 Å². The Balaban J connectivity index is 1.84. The molecule has 0 aliphatic heterocycles. The summed E-state index contributed by atoms with van der Waals surface area (Å²) in [5, 5.41) is 3.27. The molecular weight excluding hydrogens is 302 g/mol. The SMILES string of the molecule is COc1cc(C(=O)NCC2C(C)(C)C2(F)F)c2ccccc2n1. The Morgan fingerprint density at radius 2 is 2.00 bits per heavy atom. The Kier molecular flexibility index (Phi) is 3.50. The minimum absolute atomic E-state index is 0.0577. The molecule has 1 unspecified atom stereocenters. The third-order valence-electron chi connectivity index (χ3n) is 4.70. The number of carbonyl (C=O) groups is 1. The van der Waals surface area contributed by atoms with Crippen LogP contribution in [0.15, 0.2) is 30.3 Å². The lowest BCUT2D eigenvalue weighted by Crippen LogP contribution is -2.27. The van der Waals surface area contributed by atoms with E-state index in [1.807, 2.05) is 6.07 Å². The number of nitrogens with one attached hydrogen (secondary N) is 1. The van der Waals surface area contributed by atoms with Crippen LogP contribution in [0.5, 0.6) is 5.88 Å². The van der Waals surface area contributed by atoms with E-state index in [1.54, 1.807) is 18.2 Å². The second kappa shape index (κ2) is 5.15. The van der Waals surface area contributed by atoms with Gasteiger partial charge in [0.05, 0.1) is 24.1 Å². The van der Waals surface area contributed by atoms with E-state index in [4.69, 9.17) is 4.74 Å². The summed E-state index contributed by atoms with van der Waals surface area (Å²) in [5.74, 6) is -3.67. The monoisotopic (exact) mass is 320 g/mol. The highest BCUT2D eigenvalue weighted by Crippen LogP contribution is 2.65. The molecule has 0 radical (unpaired) electrons. The number of fused-ring (bicyclic) bond motifs is 1. The average molecular weight is 320 g/mol. The van der Waals surface area contributed by atoms with Gasteiger partial charge < -0.3 is 10.1 Å². The molecule has 1 aromatic heterocycles. The maximum atomic E-state index is 13.6. The van der Waals surface area contributed by atoms with E-state index in [1.165, 1.54) is 27.0 Å². The number of hydrogen-bond donors (Lipinski definition) is 1. The van der Waals surface area contributed by atoms with E-state index in [0.717, 1.165) is 0 Å². The molecule has 122 valence electrons. The minimum Gasteiger partial charge on any atom is -0.481 e. The van der Waals surface area contributed by atoms with Crippen molar-refractivity contribution in [2.24, 2.45) is 11.3 Å². The van der Waals surface area contributed by atoms with Crippen LogP contribution in [0.1, 0.15) is 24.2 Å². The van der Waals surface area contributed by atoms with Gasteiger partial charge in [0.25, 0.3) is 11.8 Å². The predicted molar refractivity (Wildman–Crippen MR) is 82.8 cm³/mol. The van der Waals surface area contributed by atoms with Crippen LogP contribution in [0.2, 0.25) is 0 Å². The molecule has 1 saturated carbocycles. The van der Waals surface area contributed by atoms with Gasteiger partial charge in [-0.3, -0.25) is 4.79 Å². The van der Waals surface area contributed by atoms with Crippen LogP contribution in [0.25, 0.3) is 10.9 Å². The highest BCUT2D eigenvalue weighted by molar-refractivity contribution is 6.06. The Hall–Kier alpha value is -2.24. The molecule has 2 aromatic rings. The van der Waals surface area contributed by atoms with Gasteiger partial charge in [0.2, 0.25) is 5.88 Å². The van der Waals surface area contributed by atoms with Crippen LogP contribution in [0.3, 0.4) is 0 Å². The first-order valence-corrected chi connectivity index (χ1v) is 7.39. The normalized spacial score (nSPS) is 21.0. The molecule has 1 atom stereocenters. The van der Waals surface area contributed by atoms with Crippen molar-refractivity contribution >= 4 is 16.8 Å². The van der Waals surface area contributed by atoms with Crippen molar-refractivity contribution in [1.82, 2.24) is 10.3 Å². The standard InChI is InChI=1S/C17H18F2N2O2/c1-16(2)13(17(16,18)19)9-20-15(22)11-8-14(23-3)21-12-7-5-4-6-10(11)12/h4-8,13H,9H2,1-3H3,(H,20,22). The van der Waals surface area contributed by atoms with Crippen LogP contribution >= 0.6 is 0 Å². The van der Waals surface area contributed by atoms with E-state index in [0.29, 0.717) is 22.3 Å². The average Bonchev–Trinajstić information content (AvgIpc) is 2.92. The third kappa shape index (κ3) is 2.42. The summed E-state index contributed by atoms with van der Waals surface area (Å²) in [6.07, 6.45) is 0. The van der Waals surface area contributed by atoms with Crippen LogP contribution in [-0.2, 0) is 0 Å². The van der Waals surface area contributed by atoms with Gasteiger partial charge in [0.1, 0.15) is 0 Å². The van der Waals surface area contributed by atoms with Gasteiger partial charge in [0, 0.05) is 23.4 Å². The maximum Gasteiger partial charge on any atom is 0.258 e. The summed E-state index contributed by atoms with van der Waals surface area (Å²) in [5.41, 5.74) is -0.0820. The van der Waals surface area contributed by atoms with E-state index < -0.39 is 23.2 Å². The Morgan fingerprint density at radius 1 is 1.35 bits per heavy atom. The molecule has 1 aromatic carbocycles. The van der Waals surface area contributed by atoms with Gasteiger partial charge >= 0.3 is 0 Å². The third-order valence-corrected chi connectivity index (χ3v) is 4.70. The molecule has 0 bridgehead atoms. The predicted octanol–water partition coefficient (Wildman–Crippen LogP) is 3.26. The Morgan fingerprint density at radius 3 is 2.61 bits per heavy atom. The summed E-state index contributed by atoms with van der Waals surface area (Å²) < 4.78 is 32.3. The van der Waals surface area contributed by atoms with Gasteiger partial charge in [-0.05, 0) is 6.07 Å². The maximum absolute atomic E-state index is 13.6. The minimum atomic E-state index is -2.74. The number of nitrogens with zero attached hydrogens (tertiary/aromatic N) is 1. The quantitative estimate of drug-likeness (QED) is 0.941. The van der Waals surface area contributed by atoms with Crippen molar-refractivity contribution in [3.05, 3.63) is 35.9 Å². The number of methoxy groups -OCH3 is 1. The first-order chi connectivity index (χ1) is 10.8. The fourth-order valence-corrected chi connectivity index (χ4v) is 2.87. The molecule has 1 heterocycles. The Labute approximate surface area is 132 Å². The molecule has 6 heteroatoms. The van der Waals surface area contributed by atoms with Crippen molar-refractivity contribution in [2.75, 3.05) is 13.7 Å². The van der Waals surface area contributed by atoms with Gasteiger partial charge in [-0.1, -0.05) is 32.0 Å². The molecule has 1 aliphatic carbocycles. The van der Waals surface area contributed by atoms with Crippen molar-refractivity contribution in [1.29, 1.82) is 0 Å². The number of ether oxygens (including phenoxy) is 1. The number of rotatable bonds is 4. The highest BCUT2D eigenvalue weighted by atomic mass is 19.3.